The zero-order valence-electron chi connectivity index (χ0n) is 15.2. The van der Waals surface area contributed by atoms with Crippen LogP contribution < -0.4 is 16.0 Å². The van der Waals surface area contributed by atoms with Gasteiger partial charge in [0.2, 0.25) is 5.91 Å². The molecule has 3 heterocycles. The highest BCUT2D eigenvalue weighted by Gasteiger charge is 2.21. The van der Waals surface area contributed by atoms with Gasteiger partial charge in [-0.05, 0) is 34.9 Å². The molecule has 0 radical (unpaired) electrons. The molecule has 5 rings (SSSR count). The van der Waals surface area contributed by atoms with Crippen molar-refractivity contribution >= 4 is 51.2 Å². The van der Waals surface area contributed by atoms with Gasteiger partial charge in [0, 0.05) is 47.6 Å². The Morgan fingerprint density at radius 2 is 2.21 bits per heavy atom. The van der Waals surface area contributed by atoms with Gasteiger partial charge < -0.3 is 5.32 Å². The fourth-order valence-electron chi connectivity index (χ4n) is 3.86. The predicted molar refractivity (Wildman–Crippen MR) is 108 cm³/mol. The third-order valence-electron chi connectivity index (χ3n) is 4.98. The molecular weight excluding hydrogens is 372 g/mol. The monoisotopic (exact) mass is 388 g/mol. The Hall–Kier alpha value is -3.06. The first-order valence-electron chi connectivity index (χ1n) is 9.03. The lowest BCUT2D eigenvalue weighted by atomic mass is 9.96. The molecule has 3 aromatic rings. The van der Waals surface area contributed by atoms with Crippen LogP contribution in [0, 0.1) is 0 Å². The Morgan fingerprint density at radius 1 is 1.32 bits per heavy atom. The fourth-order valence-corrected chi connectivity index (χ4v) is 4.69. The molecule has 1 aliphatic carbocycles. The number of carbonyl (C=O) groups is 2. The van der Waals surface area contributed by atoms with E-state index in [2.05, 4.69) is 21.4 Å². The summed E-state index contributed by atoms with van der Waals surface area (Å²) >= 11 is 1.61. The van der Waals surface area contributed by atoms with Crippen LogP contribution in [0.15, 0.2) is 39.8 Å². The second kappa shape index (κ2) is 6.53. The van der Waals surface area contributed by atoms with Crippen LogP contribution >= 0.6 is 11.8 Å². The maximum Gasteiger partial charge on any atom is 0.216 e. The number of Topliss-reactive ketones (excluding diaryl/α,β-unsaturated/α-hetero) is 1. The molecule has 0 spiro atoms. The summed E-state index contributed by atoms with van der Waals surface area (Å²) in [5, 5.41) is 9.38. The predicted octanol–water partition coefficient (Wildman–Crippen LogP) is 1.56. The quantitative estimate of drug-likeness (QED) is 0.689. The molecule has 0 atom stereocenters. The summed E-state index contributed by atoms with van der Waals surface area (Å²) < 4.78 is 0. The third kappa shape index (κ3) is 2.70. The molecule has 0 fully saturated rings. The Bertz CT molecular complexity index is 1340. The molecule has 7 heteroatoms. The lowest BCUT2D eigenvalue weighted by molar-refractivity contribution is -0.119. The first-order chi connectivity index (χ1) is 13.6. The molecule has 1 N–H and O–H groups in total. The number of nitrogens with zero attached hydrogens (tertiary/aromatic N) is 3. The number of benzene rings is 1. The van der Waals surface area contributed by atoms with E-state index >= 15 is 0 Å². The van der Waals surface area contributed by atoms with Crippen LogP contribution in [0.25, 0.3) is 27.8 Å². The number of nitrogens with one attached hydrogen (secondary N) is 1. The molecule has 138 valence electrons. The smallest absolute Gasteiger partial charge is 0.216 e. The van der Waals surface area contributed by atoms with Crippen LogP contribution in [0.3, 0.4) is 0 Å². The molecule has 6 nitrogen and oxygen atoms in total. The van der Waals surface area contributed by atoms with Gasteiger partial charge in [-0.25, -0.2) is 0 Å². The van der Waals surface area contributed by atoms with E-state index in [4.69, 9.17) is 4.98 Å². The summed E-state index contributed by atoms with van der Waals surface area (Å²) in [5.74, 6) is -0.0406. The van der Waals surface area contributed by atoms with Crippen LogP contribution in [0.2, 0.25) is 0 Å². The number of carbonyl (C=O) groups excluding carboxylic acids is 2. The van der Waals surface area contributed by atoms with Gasteiger partial charge in [-0.2, -0.15) is 0 Å². The van der Waals surface area contributed by atoms with Crippen LogP contribution in [-0.4, -0.2) is 28.2 Å². The van der Waals surface area contributed by atoms with Gasteiger partial charge in [0.25, 0.3) is 0 Å². The van der Waals surface area contributed by atoms with Crippen molar-refractivity contribution in [2.24, 2.45) is 4.99 Å². The number of thioether (sulfide) groups is 1. The lowest BCUT2D eigenvalue weighted by Crippen LogP contribution is -2.24. The molecule has 0 bridgehead atoms. The van der Waals surface area contributed by atoms with Gasteiger partial charge >= 0.3 is 0 Å². The summed E-state index contributed by atoms with van der Waals surface area (Å²) in [6.07, 6.45) is 6.06. The largest absolute Gasteiger partial charge is 0.356 e. The van der Waals surface area contributed by atoms with E-state index < -0.39 is 0 Å². The molecular formula is C21H16N4O2S. The standard InChI is InChI=1S/C21H16N4O2S/c1-11(26)22-4-3-14-20-15(10-18-21(14)28-7-6-24-18)13-2-5-23-16-8-12(27)9-17(25-20)19(13)16/h2,5-8,10H,3-4,9H2,1H3,(H,22,26). The number of hydrogen-bond donors (Lipinski definition) is 1. The lowest BCUT2D eigenvalue weighted by Gasteiger charge is -2.17. The van der Waals surface area contributed by atoms with E-state index in [1.54, 1.807) is 30.2 Å². The van der Waals surface area contributed by atoms with Crippen molar-refractivity contribution in [1.82, 2.24) is 15.3 Å². The van der Waals surface area contributed by atoms with Gasteiger partial charge in [0.1, 0.15) is 0 Å². The van der Waals surface area contributed by atoms with Crippen molar-refractivity contribution in [3.8, 4) is 0 Å². The van der Waals surface area contributed by atoms with Gasteiger partial charge in [0.05, 0.1) is 28.3 Å². The molecule has 0 saturated heterocycles. The minimum Gasteiger partial charge on any atom is -0.356 e. The van der Waals surface area contributed by atoms with Crippen molar-refractivity contribution in [2.45, 2.75) is 24.7 Å². The molecule has 1 aliphatic heterocycles. The number of fused-ring (bicyclic) bond motifs is 3. The highest BCUT2D eigenvalue weighted by atomic mass is 32.2. The van der Waals surface area contributed by atoms with Gasteiger partial charge in [-0.1, -0.05) is 11.8 Å². The second-order valence-corrected chi connectivity index (χ2v) is 7.75. The third-order valence-corrected chi connectivity index (χ3v) is 5.93. The average Bonchev–Trinajstić information content (AvgIpc) is 2.67. The number of pyridine rings is 2. The zero-order chi connectivity index (χ0) is 19.3. The average molecular weight is 388 g/mol. The maximum atomic E-state index is 12.2. The summed E-state index contributed by atoms with van der Waals surface area (Å²) in [6, 6.07) is 4.04. The summed E-state index contributed by atoms with van der Waals surface area (Å²) in [4.78, 5) is 38.4. The number of hydrogen-bond acceptors (Lipinski definition) is 6. The van der Waals surface area contributed by atoms with E-state index in [-0.39, 0.29) is 18.1 Å². The zero-order valence-corrected chi connectivity index (χ0v) is 16.0. The van der Waals surface area contributed by atoms with E-state index in [0.29, 0.717) is 18.3 Å². The molecule has 2 aliphatic rings. The Balaban J connectivity index is 1.86. The Morgan fingerprint density at radius 3 is 3.07 bits per heavy atom. The van der Waals surface area contributed by atoms with Crippen LogP contribution in [0.1, 0.15) is 18.2 Å². The fraction of sp³-hybridized carbons (Fsp3) is 0.190. The Labute approximate surface area is 164 Å². The highest BCUT2D eigenvalue weighted by Crippen LogP contribution is 2.32. The minimum atomic E-state index is -0.0586. The maximum absolute atomic E-state index is 12.2. The number of rotatable bonds is 3. The SMILES string of the molecule is CC(=O)NCCc1c2c(cc3c1nc1c4c(nccc43)=CC(=O)C1)=NC=CS2. The summed E-state index contributed by atoms with van der Waals surface area (Å²) in [5.41, 5.74) is 2.70. The first kappa shape index (κ1) is 17.1. The van der Waals surface area contributed by atoms with Crippen molar-refractivity contribution < 1.29 is 9.59 Å². The van der Waals surface area contributed by atoms with Gasteiger partial charge in [-0.3, -0.25) is 24.5 Å². The van der Waals surface area contributed by atoms with Crippen molar-refractivity contribution in [2.75, 3.05) is 6.54 Å². The van der Waals surface area contributed by atoms with Gasteiger partial charge in [-0.15, -0.1) is 0 Å². The molecule has 2 aromatic heterocycles. The summed E-state index contributed by atoms with van der Waals surface area (Å²) in [7, 11) is 0. The van der Waals surface area contributed by atoms with Crippen LogP contribution in [-0.2, 0) is 22.4 Å². The van der Waals surface area contributed by atoms with E-state index in [1.165, 1.54) is 6.92 Å². The van der Waals surface area contributed by atoms with E-state index in [0.717, 1.165) is 43.2 Å². The number of aromatic nitrogens is 2. The molecule has 1 amide bonds. The minimum absolute atomic E-state index is 0.0180. The molecule has 0 saturated carbocycles. The second-order valence-electron chi connectivity index (χ2n) is 6.83. The first-order valence-corrected chi connectivity index (χ1v) is 9.91. The Kier molecular flexibility index (Phi) is 3.98. The van der Waals surface area contributed by atoms with Crippen LogP contribution in [0.4, 0.5) is 0 Å². The van der Waals surface area contributed by atoms with Crippen molar-refractivity contribution in [1.29, 1.82) is 0 Å². The molecule has 1 aromatic carbocycles. The number of ketones is 1. The van der Waals surface area contributed by atoms with E-state index in [1.807, 2.05) is 11.5 Å². The number of amides is 1. The van der Waals surface area contributed by atoms with Crippen molar-refractivity contribution in [3.05, 3.63) is 51.9 Å². The summed E-state index contributed by atoms with van der Waals surface area (Å²) in [6.45, 7) is 2.03. The molecule has 28 heavy (non-hydrogen) atoms. The normalized spacial score (nSPS) is 14.5. The van der Waals surface area contributed by atoms with E-state index in [9.17, 15) is 9.59 Å². The molecule has 0 unspecified atom stereocenters. The van der Waals surface area contributed by atoms with Gasteiger partial charge in [0.15, 0.2) is 5.78 Å². The van der Waals surface area contributed by atoms with Crippen LogP contribution in [0.5, 0.6) is 0 Å². The van der Waals surface area contributed by atoms with Crippen molar-refractivity contribution in [3.63, 3.8) is 0 Å². The topological polar surface area (TPSA) is 84.3 Å². The highest BCUT2D eigenvalue weighted by molar-refractivity contribution is 8.02.